The fourth-order valence-electron chi connectivity index (χ4n) is 3.90. The third-order valence-corrected chi connectivity index (χ3v) is 5.89. The van der Waals surface area contributed by atoms with Crippen LogP contribution < -0.4 is 10.6 Å². The minimum absolute atomic E-state index is 0.286. The van der Waals surface area contributed by atoms with Crippen LogP contribution in [0.1, 0.15) is 37.5 Å². The Bertz CT molecular complexity index is 1410. The molecule has 184 valence electrons. The summed E-state index contributed by atoms with van der Waals surface area (Å²) in [6.07, 6.45) is -2.81. The molecule has 0 atom stereocenters. The lowest BCUT2D eigenvalue weighted by molar-refractivity contribution is -0.137. The number of carbonyl (C=O) groups excluding carboxylic acids is 2. The highest BCUT2D eigenvalue weighted by Crippen LogP contribution is 2.32. The first kappa shape index (κ1) is 24.8. The zero-order valence-corrected chi connectivity index (χ0v) is 19.7. The van der Waals surface area contributed by atoms with Gasteiger partial charge in [0.2, 0.25) is 0 Å². The molecule has 1 heterocycles. The largest absolute Gasteiger partial charge is 0.416 e. The van der Waals surface area contributed by atoms with Crippen molar-refractivity contribution < 1.29 is 22.8 Å². The maximum Gasteiger partial charge on any atom is 0.416 e. The van der Waals surface area contributed by atoms with Crippen molar-refractivity contribution in [3.63, 3.8) is 0 Å². The summed E-state index contributed by atoms with van der Waals surface area (Å²) in [7, 11) is 1.70. The summed E-state index contributed by atoms with van der Waals surface area (Å²) < 4.78 is 40.4. The van der Waals surface area contributed by atoms with Gasteiger partial charge in [-0.05, 0) is 53.4 Å². The molecule has 36 heavy (non-hydrogen) atoms. The molecule has 0 fully saturated rings. The van der Waals surface area contributed by atoms with Gasteiger partial charge in [0, 0.05) is 25.4 Å². The molecule has 2 amide bonds. The first-order valence-corrected chi connectivity index (χ1v) is 11.2. The minimum atomic E-state index is -4.44. The number of halogens is 3. The van der Waals surface area contributed by atoms with Gasteiger partial charge >= 0.3 is 6.18 Å². The Hall–Kier alpha value is -4.33. The van der Waals surface area contributed by atoms with Crippen molar-refractivity contribution in [3.8, 4) is 11.1 Å². The molecule has 0 unspecified atom stereocenters. The smallest absolute Gasteiger partial charge is 0.347 e. The van der Waals surface area contributed by atoms with E-state index in [1.54, 1.807) is 48.1 Å². The van der Waals surface area contributed by atoms with Gasteiger partial charge in [0.1, 0.15) is 5.69 Å². The van der Waals surface area contributed by atoms with Gasteiger partial charge in [0.05, 0.1) is 11.3 Å². The number of amides is 2. The molecule has 0 aliphatic rings. The van der Waals surface area contributed by atoms with Crippen LogP contribution in [0.3, 0.4) is 0 Å². The Morgan fingerprint density at radius 2 is 1.56 bits per heavy atom. The van der Waals surface area contributed by atoms with Crippen LogP contribution in [-0.2, 0) is 19.8 Å². The molecule has 4 rings (SSSR count). The van der Waals surface area contributed by atoms with Crippen molar-refractivity contribution >= 4 is 17.5 Å². The Kier molecular flexibility index (Phi) is 6.96. The van der Waals surface area contributed by atoms with Crippen LogP contribution in [0.5, 0.6) is 0 Å². The molecule has 0 saturated heterocycles. The standard InChI is InChI=1S/C28H24F3N3O2/c1-18-7-3-4-8-20(18)16-32-27(36)25-15-22(17-34(25)2)33-26(35)24-10-6-5-9-23(24)19-11-13-21(14-12-19)28(29,30)31/h3-15,17H,16H2,1-2H3,(H,32,36)(H,33,35). The lowest BCUT2D eigenvalue weighted by Crippen LogP contribution is -2.25. The van der Waals surface area contributed by atoms with E-state index in [1.165, 1.54) is 12.1 Å². The number of benzene rings is 3. The lowest BCUT2D eigenvalue weighted by atomic mass is 9.98. The van der Waals surface area contributed by atoms with E-state index < -0.39 is 17.6 Å². The Morgan fingerprint density at radius 1 is 0.889 bits per heavy atom. The van der Waals surface area contributed by atoms with Gasteiger partial charge in [-0.2, -0.15) is 13.2 Å². The van der Waals surface area contributed by atoms with Crippen LogP contribution in [0.15, 0.2) is 85.1 Å². The van der Waals surface area contributed by atoms with Crippen LogP contribution in [0.4, 0.5) is 18.9 Å². The molecule has 5 nitrogen and oxygen atoms in total. The number of hydrogen-bond acceptors (Lipinski definition) is 2. The molecule has 0 radical (unpaired) electrons. The number of anilines is 1. The summed E-state index contributed by atoms with van der Waals surface area (Å²) in [5.74, 6) is -0.727. The van der Waals surface area contributed by atoms with Gasteiger partial charge < -0.3 is 15.2 Å². The number of rotatable bonds is 6. The zero-order chi connectivity index (χ0) is 25.9. The van der Waals surface area contributed by atoms with Crippen molar-refractivity contribution in [1.82, 2.24) is 9.88 Å². The molecular weight excluding hydrogens is 467 g/mol. The number of carbonyl (C=O) groups is 2. The number of nitrogens with zero attached hydrogens (tertiary/aromatic N) is 1. The SMILES string of the molecule is Cc1ccccc1CNC(=O)c1cc(NC(=O)c2ccccc2-c2ccc(C(F)(F)F)cc2)cn1C. The monoisotopic (exact) mass is 491 g/mol. The average molecular weight is 492 g/mol. The molecule has 0 bridgehead atoms. The average Bonchev–Trinajstić information content (AvgIpc) is 3.22. The normalized spacial score (nSPS) is 11.2. The van der Waals surface area contributed by atoms with Gasteiger partial charge in [-0.3, -0.25) is 9.59 Å². The van der Waals surface area contributed by atoms with E-state index in [4.69, 9.17) is 0 Å². The molecule has 8 heteroatoms. The topological polar surface area (TPSA) is 63.1 Å². The van der Waals surface area contributed by atoms with Gasteiger partial charge in [-0.25, -0.2) is 0 Å². The van der Waals surface area contributed by atoms with Crippen molar-refractivity contribution in [3.05, 3.63) is 113 Å². The highest BCUT2D eigenvalue weighted by Gasteiger charge is 2.30. The second kappa shape index (κ2) is 10.1. The van der Waals surface area contributed by atoms with Crippen molar-refractivity contribution in [2.75, 3.05) is 5.32 Å². The number of aromatic nitrogens is 1. The van der Waals surface area contributed by atoms with E-state index >= 15 is 0 Å². The summed E-state index contributed by atoms with van der Waals surface area (Å²) in [4.78, 5) is 25.8. The Labute approximate surface area is 206 Å². The van der Waals surface area contributed by atoms with E-state index in [0.717, 1.165) is 23.3 Å². The highest BCUT2D eigenvalue weighted by molar-refractivity contribution is 6.09. The Morgan fingerprint density at radius 3 is 2.25 bits per heavy atom. The fraction of sp³-hybridized carbons (Fsp3) is 0.143. The van der Waals surface area contributed by atoms with Crippen LogP contribution >= 0.6 is 0 Å². The molecule has 0 aliphatic carbocycles. The van der Waals surface area contributed by atoms with Crippen molar-refractivity contribution in [2.45, 2.75) is 19.6 Å². The highest BCUT2D eigenvalue weighted by atomic mass is 19.4. The molecule has 0 aliphatic heterocycles. The second-order valence-corrected chi connectivity index (χ2v) is 8.41. The Balaban J connectivity index is 1.49. The predicted molar refractivity (Wildman–Crippen MR) is 133 cm³/mol. The minimum Gasteiger partial charge on any atom is -0.347 e. The van der Waals surface area contributed by atoms with Gasteiger partial charge in [-0.15, -0.1) is 0 Å². The van der Waals surface area contributed by atoms with Gasteiger partial charge in [0.25, 0.3) is 11.8 Å². The van der Waals surface area contributed by atoms with Crippen LogP contribution in [0.25, 0.3) is 11.1 Å². The molecule has 0 saturated carbocycles. The summed E-state index contributed by atoms with van der Waals surface area (Å²) in [5.41, 5.74) is 3.39. The summed E-state index contributed by atoms with van der Waals surface area (Å²) in [5, 5.41) is 5.67. The van der Waals surface area contributed by atoms with Gasteiger partial charge in [0.15, 0.2) is 0 Å². The first-order chi connectivity index (χ1) is 17.1. The van der Waals surface area contributed by atoms with Crippen molar-refractivity contribution in [2.24, 2.45) is 7.05 Å². The number of hydrogen-bond donors (Lipinski definition) is 2. The molecule has 4 aromatic rings. The third-order valence-electron chi connectivity index (χ3n) is 5.89. The molecule has 1 aromatic heterocycles. The maximum atomic E-state index is 13.1. The lowest BCUT2D eigenvalue weighted by Gasteiger charge is -2.11. The molecule has 3 aromatic carbocycles. The van der Waals surface area contributed by atoms with Crippen LogP contribution in [-0.4, -0.2) is 16.4 Å². The summed E-state index contributed by atoms with van der Waals surface area (Å²) >= 11 is 0. The van der Waals surface area contributed by atoms with E-state index in [9.17, 15) is 22.8 Å². The first-order valence-electron chi connectivity index (χ1n) is 11.2. The van der Waals surface area contributed by atoms with E-state index in [-0.39, 0.29) is 5.91 Å². The number of nitrogens with one attached hydrogen (secondary N) is 2. The van der Waals surface area contributed by atoms with E-state index in [1.807, 2.05) is 31.2 Å². The van der Waals surface area contributed by atoms with Crippen molar-refractivity contribution in [1.29, 1.82) is 0 Å². The number of alkyl halides is 3. The molecule has 0 spiro atoms. The summed E-state index contributed by atoms with van der Waals surface area (Å²) in [6, 6.07) is 20.7. The molecular formula is C28H24F3N3O2. The zero-order valence-electron chi connectivity index (χ0n) is 19.7. The number of aryl methyl sites for hydroxylation is 2. The van der Waals surface area contributed by atoms with E-state index in [0.29, 0.717) is 34.6 Å². The van der Waals surface area contributed by atoms with Crippen LogP contribution in [0.2, 0.25) is 0 Å². The molecule has 2 N–H and O–H groups in total. The third kappa shape index (κ3) is 5.49. The fourth-order valence-corrected chi connectivity index (χ4v) is 3.90. The van der Waals surface area contributed by atoms with E-state index in [2.05, 4.69) is 10.6 Å². The quantitative estimate of drug-likeness (QED) is 0.337. The van der Waals surface area contributed by atoms with Gasteiger partial charge in [-0.1, -0.05) is 54.6 Å². The summed E-state index contributed by atoms with van der Waals surface area (Å²) in [6.45, 7) is 2.35. The maximum absolute atomic E-state index is 13.1. The van der Waals surface area contributed by atoms with Crippen LogP contribution in [0, 0.1) is 6.92 Å². The predicted octanol–water partition coefficient (Wildman–Crippen LogP) is 6.20. The second-order valence-electron chi connectivity index (χ2n) is 8.41.